The molecule has 8 heteroatoms. The van der Waals surface area contributed by atoms with Crippen molar-refractivity contribution >= 4 is 23.5 Å². The van der Waals surface area contributed by atoms with E-state index in [1.54, 1.807) is 37.4 Å². The van der Waals surface area contributed by atoms with Crippen molar-refractivity contribution in [2.75, 3.05) is 19.1 Å². The molecule has 0 spiro atoms. The number of carbonyl (C=O) groups is 3. The third-order valence-electron chi connectivity index (χ3n) is 5.83. The van der Waals surface area contributed by atoms with Crippen LogP contribution in [-0.2, 0) is 16.2 Å². The zero-order chi connectivity index (χ0) is 23.0. The van der Waals surface area contributed by atoms with Gasteiger partial charge in [0, 0.05) is 24.7 Å². The number of ketones is 1. The summed E-state index contributed by atoms with van der Waals surface area (Å²) in [6, 6.07) is 11.9. The Hall–Kier alpha value is -3.99. The normalized spacial score (nSPS) is 18.0. The predicted molar refractivity (Wildman–Crippen MR) is 113 cm³/mol. The molecule has 0 saturated heterocycles. The maximum atomic E-state index is 13.5. The fraction of sp³-hybridized carbons (Fsp3) is 0.250. The van der Waals surface area contributed by atoms with Gasteiger partial charge in [-0.05, 0) is 41.8 Å². The lowest BCUT2D eigenvalue weighted by Crippen LogP contribution is -2.48. The van der Waals surface area contributed by atoms with Crippen LogP contribution in [0.1, 0.15) is 45.9 Å². The van der Waals surface area contributed by atoms with E-state index in [0.29, 0.717) is 34.5 Å². The molecule has 1 atom stereocenters. The van der Waals surface area contributed by atoms with Crippen LogP contribution in [-0.4, -0.2) is 36.8 Å². The van der Waals surface area contributed by atoms with E-state index in [2.05, 4.69) is 0 Å². The number of likely N-dealkylation sites (N-methyl/N-ethyl adjacent to an activating group) is 1. The van der Waals surface area contributed by atoms with E-state index in [4.69, 9.17) is 4.74 Å². The lowest BCUT2D eigenvalue weighted by atomic mass is 9.89. The van der Waals surface area contributed by atoms with Gasteiger partial charge >= 0.3 is 12.0 Å². The molecular formula is C24H20FN3O4. The summed E-state index contributed by atoms with van der Waals surface area (Å²) in [4.78, 5) is 41.8. The van der Waals surface area contributed by atoms with Gasteiger partial charge in [-0.2, -0.15) is 5.26 Å². The minimum atomic E-state index is -0.810. The van der Waals surface area contributed by atoms with Gasteiger partial charge in [-0.15, -0.1) is 0 Å². The van der Waals surface area contributed by atoms with E-state index < -0.39 is 24.7 Å². The summed E-state index contributed by atoms with van der Waals surface area (Å²) in [6.07, 6.45) is 0.583. The van der Waals surface area contributed by atoms with Crippen LogP contribution in [0.4, 0.5) is 14.9 Å². The summed E-state index contributed by atoms with van der Waals surface area (Å²) < 4.78 is 18.1. The van der Waals surface area contributed by atoms with E-state index in [-0.39, 0.29) is 23.3 Å². The summed E-state index contributed by atoms with van der Waals surface area (Å²) >= 11 is 0. The third kappa shape index (κ3) is 3.32. The van der Waals surface area contributed by atoms with Gasteiger partial charge in [0.15, 0.2) is 5.78 Å². The molecule has 32 heavy (non-hydrogen) atoms. The minimum absolute atomic E-state index is 0.121. The average Bonchev–Trinajstić information content (AvgIpc) is 3.19. The SMILES string of the molecule is COC(=O)c1cc(C#N)ccc1C1C2=C(CCC2=O)N(c2cccc(CF)c2)C(=O)N1C. The zero-order valence-electron chi connectivity index (χ0n) is 17.6. The molecule has 0 N–H and O–H groups in total. The number of anilines is 1. The first-order valence-corrected chi connectivity index (χ1v) is 10.0. The zero-order valence-corrected chi connectivity index (χ0v) is 17.6. The number of ether oxygens (including phenoxy) is 1. The van der Waals surface area contributed by atoms with Crippen molar-refractivity contribution in [2.45, 2.75) is 25.6 Å². The predicted octanol–water partition coefficient (Wildman–Crippen LogP) is 4.04. The Labute approximate surface area is 184 Å². The fourth-order valence-corrected chi connectivity index (χ4v) is 4.34. The molecule has 0 radical (unpaired) electrons. The second-order valence-corrected chi connectivity index (χ2v) is 7.62. The Morgan fingerprint density at radius 1 is 1.22 bits per heavy atom. The van der Waals surface area contributed by atoms with E-state index >= 15 is 0 Å². The number of alkyl halides is 1. The molecule has 1 unspecified atom stereocenters. The van der Waals surface area contributed by atoms with Crippen molar-refractivity contribution in [1.29, 1.82) is 5.26 Å². The van der Waals surface area contributed by atoms with E-state index in [1.165, 1.54) is 29.0 Å². The average molecular weight is 433 g/mol. The molecule has 0 bridgehead atoms. The first kappa shape index (κ1) is 21.2. The number of carbonyl (C=O) groups excluding carboxylic acids is 3. The monoisotopic (exact) mass is 433 g/mol. The van der Waals surface area contributed by atoms with Crippen molar-refractivity contribution < 1.29 is 23.5 Å². The van der Waals surface area contributed by atoms with Crippen molar-refractivity contribution in [3.05, 3.63) is 76.0 Å². The lowest BCUT2D eigenvalue weighted by Gasteiger charge is -2.40. The summed E-state index contributed by atoms with van der Waals surface area (Å²) in [6.45, 7) is -0.674. The van der Waals surface area contributed by atoms with Gasteiger partial charge in [-0.25, -0.2) is 14.0 Å². The molecule has 1 heterocycles. The van der Waals surface area contributed by atoms with E-state index in [1.807, 2.05) is 6.07 Å². The maximum Gasteiger partial charge on any atom is 0.338 e. The number of nitriles is 1. The van der Waals surface area contributed by atoms with Gasteiger partial charge in [0.1, 0.15) is 6.67 Å². The number of urea groups is 1. The Bertz CT molecular complexity index is 1210. The standard InChI is InChI=1S/C24H20FN3O4/c1-27-22(17-7-6-15(13-26)11-18(17)23(30)32-2)21-19(8-9-20(21)29)28(24(27)31)16-5-3-4-14(10-16)12-25/h3-7,10-11,22H,8-9,12H2,1-2H3. The van der Waals surface area contributed by atoms with Crippen LogP contribution in [0.2, 0.25) is 0 Å². The molecule has 2 aromatic carbocycles. The molecule has 1 aliphatic heterocycles. The highest BCUT2D eigenvalue weighted by Gasteiger charge is 2.45. The van der Waals surface area contributed by atoms with Crippen LogP contribution in [0.3, 0.4) is 0 Å². The molecule has 0 fully saturated rings. The highest BCUT2D eigenvalue weighted by molar-refractivity contribution is 6.08. The fourth-order valence-electron chi connectivity index (χ4n) is 4.34. The largest absolute Gasteiger partial charge is 0.465 e. The number of esters is 1. The van der Waals surface area contributed by atoms with Gasteiger partial charge in [-0.1, -0.05) is 18.2 Å². The van der Waals surface area contributed by atoms with Crippen molar-refractivity contribution in [3.63, 3.8) is 0 Å². The first-order chi connectivity index (χ1) is 15.4. The summed E-state index contributed by atoms with van der Waals surface area (Å²) in [7, 11) is 2.78. The van der Waals surface area contributed by atoms with E-state index in [9.17, 15) is 24.0 Å². The number of amides is 2. The first-order valence-electron chi connectivity index (χ1n) is 10.0. The number of allylic oxidation sites excluding steroid dienone is 1. The topological polar surface area (TPSA) is 90.7 Å². The number of halogens is 1. The molecular weight excluding hydrogens is 413 g/mol. The highest BCUT2D eigenvalue weighted by Crippen LogP contribution is 2.45. The van der Waals surface area contributed by atoms with E-state index in [0.717, 1.165) is 0 Å². The second kappa shape index (κ2) is 8.27. The molecule has 7 nitrogen and oxygen atoms in total. The van der Waals surface area contributed by atoms with Gasteiger partial charge in [0.05, 0.1) is 36.0 Å². The molecule has 0 saturated carbocycles. The van der Waals surface area contributed by atoms with Crippen LogP contribution in [0.15, 0.2) is 53.7 Å². The number of hydrogen-bond donors (Lipinski definition) is 0. The smallest absolute Gasteiger partial charge is 0.338 e. The Balaban J connectivity index is 1.92. The molecule has 4 rings (SSSR count). The number of nitrogens with zero attached hydrogens (tertiary/aromatic N) is 3. The molecule has 2 amide bonds. The maximum absolute atomic E-state index is 13.5. The molecule has 162 valence electrons. The van der Waals surface area contributed by atoms with Gasteiger partial charge in [-0.3, -0.25) is 9.69 Å². The molecule has 1 aliphatic carbocycles. The lowest BCUT2D eigenvalue weighted by molar-refractivity contribution is -0.115. The summed E-state index contributed by atoms with van der Waals surface area (Å²) in [5.74, 6) is -0.792. The summed E-state index contributed by atoms with van der Waals surface area (Å²) in [5, 5.41) is 9.24. The van der Waals surface area contributed by atoms with Gasteiger partial charge in [0.2, 0.25) is 0 Å². The Morgan fingerprint density at radius 2 is 2.00 bits per heavy atom. The number of benzene rings is 2. The Kier molecular flexibility index (Phi) is 5.49. The summed E-state index contributed by atoms with van der Waals surface area (Å²) in [5.41, 5.74) is 2.64. The van der Waals surface area contributed by atoms with Crippen LogP contribution < -0.4 is 4.90 Å². The molecule has 2 aliphatic rings. The van der Waals surface area contributed by atoms with Gasteiger partial charge in [0.25, 0.3) is 0 Å². The quantitative estimate of drug-likeness (QED) is 0.679. The number of Topliss-reactive ketones (excluding diaryl/α,β-unsaturated/α-hetero) is 1. The number of rotatable bonds is 4. The number of hydrogen-bond acceptors (Lipinski definition) is 5. The van der Waals surface area contributed by atoms with Crippen molar-refractivity contribution in [2.24, 2.45) is 0 Å². The van der Waals surface area contributed by atoms with Crippen LogP contribution in [0, 0.1) is 11.3 Å². The molecule has 0 aromatic heterocycles. The van der Waals surface area contributed by atoms with Crippen LogP contribution >= 0.6 is 0 Å². The minimum Gasteiger partial charge on any atom is -0.465 e. The van der Waals surface area contributed by atoms with Crippen molar-refractivity contribution in [3.8, 4) is 6.07 Å². The van der Waals surface area contributed by atoms with Crippen LogP contribution in [0.5, 0.6) is 0 Å². The number of methoxy groups -OCH3 is 1. The molecule has 2 aromatic rings. The third-order valence-corrected chi connectivity index (χ3v) is 5.83. The highest BCUT2D eigenvalue weighted by atomic mass is 19.1. The van der Waals surface area contributed by atoms with Gasteiger partial charge < -0.3 is 9.64 Å². The Morgan fingerprint density at radius 3 is 2.69 bits per heavy atom. The van der Waals surface area contributed by atoms with Crippen LogP contribution in [0.25, 0.3) is 0 Å². The van der Waals surface area contributed by atoms with Crippen molar-refractivity contribution in [1.82, 2.24) is 4.90 Å². The second-order valence-electron chi connectivity index (χ2n) is 7.62.